The van der Waals surface area contributed by atoms with Crippen molar-refractivity contribution in [3.63, 3.8) is 0 Å². The van der Waals surface area contributed by atoms with Gasteiger partial charge in [-0.2, -0.15) is 0 Å². The molecule has 0 atom stereocenters. The van der Waals surface area contributed by atoms with E-state index >= 15 is 0 Å². The largest absolute Gasteiger partial charge is 0.480 e. The lowest BCUT2D eigenvalue weighted by Gasteiger charge is -2.36. The summed E-state index contributed by atoms with van der Waals surface area (Å²) in [4.78, 5) is 23.7. The highest BCUT2D eigenvalue weighted by atomic mass is 32.1. The molecular formula is C11H15N3O3S. The van der Waals surface area contributed by atoms with Crippen LogP contribution in [0.5, 0.6) is 0 Å². The number of rotatable bonds is 3. The molecule has 1 aromatic rings. The first-order valence-corrected chi connectivity index (χ1v) is 6.64. The zero-order valence-electron chi connectivity index (χ0n) is 10.0. The molecule has 1 heterocycles. The molecule has 1 aromatic heterocycles. The molecular weight excluding hydrogens is 254 g/mol. The molecule has 0 aromatic carbocycles. The molecule has 1 aliphatic carbocycles. The quantitative estimate of drug-likeness (QED) is 0.863. The Kier molecular flexibility index (Phi) is 3.60. The highest BCUT2D eigenvalue weighted by Gasteiger charge is 2.42. The molecule has 0 bridgehead atoms. The minimum Gasteiger partial charge on any atom is -0.480 e. The van der Waals surface area contributed by atoms with Crippen LogP contribution in [0.1, 0.15) is 42.3 Å². The lowest BCUT2D eigenvalue weighted by Crippen LogP contribution is -2.56. The van der Waals surface area contributed by atoms with Gasteiger partial charge in [0.15, 0.2) is 0 Å². The van der Waals surface area contributed by atoms with Crippen LogP contribution in [0.4, 0.5) is 0 Å². The summed E-state index contributed by atoms with van der Waals surface area (Å²) in [5.74, 6) is -0.846. The predicted octanol–water partition coefficient (Wildman–Crippen LogP) is 1.30. The Morgan fingerprint density at radius 2 is 2.17 bits per heavy atom. The number of carboxylic acid groups (broad SMARTS) is 1. The minimum atomic E-state index is -1.13. The van der Waals surface area contributed by atoms with Gasteiger partial charge in [0.25, 0.3) is 5.91 Å². The maximum absolute atomic E-state index is 11.9. The van der Waals surface area contributed by atoms with Crippen LogP contribution in [0.25, 0.3) is 0 Å². The maximum Gasteiger partial charge on any atom is 0.329 e. The average molecular weight is 269 g/mol. The summed E-state index contributed by atoms with van der Waals surface area (Å²) in [7, 11) is 0. The van der Waals surface area contributed by atoms with E-state index in [2.05, 4.69) is 21.8 Å². The van der Waals surface area contributed by atoms with E-state index in [0.29, 0.717) is 23.6 Å². The molecule has 1 aliphatic rings. The van der Waals surface area contributed by atoms with Crippen LogP contribution in [-0.2, 0) is 4.79 Å². The van der Waals surface area contributed by atoms with Crippen molar-refractivity contribution in [2.45, 2.75) is 38.1 Å². The average Bonchev–Trinajstić information content (AvgIpc) is 2.85. The summed E-state index contributed by atoms with van der Waals surface area (Å²) in [5.41, 5.74) is -1.13. The van der Waals surface area contributed by atoms with E-state index in [1.807, 2.05) is 0 Å². The topological polar surface area (TPSA) is 92.2 Å². The fourth-order valence-electron chi connectivity index (χ4n) is 2.19. The van der Waals surface area contributed by atoms with Gasteiger partial charge in [0.05, 0.1) is 6.20 Å². The van der Waals surface area contributed by atoms with E-state index in [-0.39, 0.29) is 0 Å². The van der Waals surface area contributed by atoms with Crippen LogP contribution in [0, 0.1) is 5.92 Å². The summed E-state index contributed by atoms with van der Waals surface area (Å²) in [6.45, 7) is 2.10. The molecule has 1 saturated carbocycles. The van der Waals surface area contributed by atoms with Crippen LogP contribution >= 0.6 is 11.5 Å². The second kappa shape index (κ2) is 5.01. The van der Waals surface area contributed by atoms with Crippen molar-refractivity contribution in [1.82, 2.24) is 14.9 Å². The van der Waals surface area contributed by atoms with Crippen LogP contribution in [0.2, 0.25) is 0 Å². The normalized spacial score (nSPS) is 27.7. The molecule has 98 valence electrons. The lowest BCUT2D eigenvalue weighted by molar-refractivity contribution is -0.146. The van der Waals surface area contributed by atoms with Gasteiger partial charge < -0.3 is 10.4 Å². The maximum atomic E-state index is 11.9. The minimum absolute atomic E-state index is 0.342. The summed E-state index contributed by atoms with van der Waals surface area (Å²) >= 11 is 0.964. The third kappa shape index (κ3) is 2.50. The first-order chi connectivity index (χ1) is 8.53. The highest BCUT2D eigenvalue weighted by molar-refractivity contribution is 7.07. The Hall–Kier alpha value is -1.50. The van der Waals surface area contributed by atoms with E-state index < -0.39 is 17.4 Å². The molecule has 1 fully saturated rings. The molecule has 2 N–H and O–H groups in total. The molecule has 7 heteroatoms. The molecule has 0 radical (unpaired) electrons. The number of hydrogen-bond donors (Lipinski definition) is 2. The summed E-state index contributed by atoms with van der Waals surface area (Å²) in [5, 5.41) is 15.6. The van der Waals surface area contributed by atoms with Crippen LogP contribution in [0.3, 0.4) is 0 Å². The van der Waals surface area contributed by atoms with Crippen LogP contribution in [-0.4, -0.2) is 32.1 Å². The number of aliphatic carboxylic acids is 1. The van der Waals surface area contributed by atoms with Gasteiger partial charge in [-0.05, 0) is 43.1 Å². The number of carbonyl (C=O) groups excluding carboxylic acids is 1. The Bertz CT molecular complexity index is 438. The monoisotopic (exact) mass is 269 g/mol. The van der Waals surface area contributed by atoms with E-state index in [9.17, 15) is 14.7 Å². The second-order valence-electron chi connectivity index (χ2n) is 4.81. The summed E-state index contributed by atoms with van der Waals surface area (Å²) < 4.78 is 3.60. The van der Waals surface area contributed by atoms with E-state index in [1.54, 1.807) is 0 Å². The van der Waals surface area contributed by atoms with E-state index in [1.165, 1.54) is 6.20 Å². The van der Waals surface area contributed by atoms with Gasteiger partial charge in [-0.15, -0.1) is 5.10 Å². The van der Waals surface area contributed by atoms with Gasteiger partial charge in [-0.25, -0.2) is 4.79 Å². The fraction of sp³-hybridized carbons (Fsp3) is 0.636. The molecule has 18 heavy (non-hydrogen) atoms. The molecule has 0 saturated heterocycles. The van der Waals surface area contributed by atoms with Gasteiger partial charge in [-0.1, -0.05) is 11.4 Å². The first-order valence-electron chi connectivity index (χ1n) is 5.87. The predicted molar refractivity (Wildman–Crippen MR) is 65.4 cm³/mol. The van der Waals surface area contributed by atoms with Gasteiger partial charge in [-0.3, -0.25) is 4.79 Å². The summed E-state index contributed by atoms with van der Waals surface area (Å²) in [6, 6.07) is 0. The second-order valence-corrected chi connectivity index (χ2v) is 5.59. The number of amides is 1. The van der Waals surface area contributed by atoms with Crippen molar-refractivity contribution in [3.8, 4) is 0 Å². The van der Waals surface area contributed by atoms with Crippen molar-refractivity contribution in [3.05, 3.63) is 11.1 Å². The Morgan fingerprint density at radius 1 is 1.50 bits per heavy atom. The zero-order valence-corrected chi connectivity index (χ0v) is 10.9. The Morgan fingerprint density at radius 3 is 2.67 bits per heavy atom. The molecule has 0 spiro atoms. The lowest BCUT2D eigenvalue weighted by atomic mass is 9.77. The Labute approximate surface area is 109 Å². The number of hydrogen-bond acceptors (Lipinski definition) is 5. The van der Waals surface area contributed by atoms with Crippen molar-refractivity contribution in [2.24, 2.45) is 5.92 Å². The third-order valence-corrected chi connectivity index (χ3v) is 4.14. The number of carboxylic acids is 1. The molecule has 2 rings (SSSR count). The van der Waals surface area contributed by atoms with E-state index in [4.69, 9.17) is 0 Å². The van der Waals surface area contributed by atoms with Crippen molar-refractivity contribution >= 4 is 23.4 Å². The molecule has 0 aliphatic heterocycles. The number of aromatic nitrogens is 2. The van der Waals surface area contributed by atoms with Crippen LogP contribution < -0.4 is 5.32 Å². The standard InChI is InChI=1S/C11H15N3O3S/c1-7-2-4-11(5-3-7,10(16)17)13-9(15)8-6-12-14-18-8/h6-7H,2-5H2,1H3,(H,13,15)(H,16,17). The van der Waals surface area contributed by atoms with Crippen molar-refractivity contribution in [2.75, 3.05) is 0 Å². The molecule has 6 nitrogen and oxygen atoms in total. The van der Waals surface area contributed by atoms with Crippen molar-refractivity contribution in [1.29, 1.82) is 0 Å². The number of carbonyl (C=O) groups is 2. The summed E-state index contributed by atoms with van der Waals surface area (Å²) in [6.07, 6.45) is 3.92. The van der Waals surface area contributed by atoms with E-state index in [0.717, 1.165) is 24.4 Å². The van der Waals surface area contributed by atoms with Gasteiger partial charge >= 0.3 is 5.97 Å². The molecule has 1 amide bonds. The molecule has 0 unspecified atom stereocenters. The van der Waals surface area contributed by atoms with Crippen LogP contribution in [0.15, 0.2) is 6.20 Å². The third-order valence-electron chi connectivity index (χ3n) is 3.48. The van der Waals surface area contributed by atoms with Crippen molar-refractivity contribution < 1.29 is 14.7 Å². The highest BCUT2D eigenvalue weighted by Crippen LogP contribution is 2.32. The first kappa shape index (κ1) is 12.9. The fourth-order valence-corrected chi connectivity index (χ4v) is 2.60. The number of nitrogens with zero attached hydrogens (tertiary/aromatic N) is 2. The van der Waals surface area contributed by atoms with Gasteiger partial charge in [0, 0.05) is 0 Å². The zero-order chi connectivity index (χ0) is 13.2. The smallest absolute Gasteiger partial charge is 0.329 e. The van der Waals surface area contributed by atoms with Gasteiger partial charge in [0.1, 0.15) is 10.4 Å². The van der Waals surface area contributed by atoms with Gasteiger partial charge in [0.2, 0.25) is 0 Å². The number of nitrogens with one attached hydrogen (secondary N) is 1. The Balaban J connectivity index is 2.12. The SMILES string of the molecule is CC1CCC(NC(=O)c2cnns2)(C(=O)O)CC1.